The number of alkyl carbamates (subject to hydrolysis) is 1. The van der Waals surface area contributed by atoms with Gasteiger partial charge in [-0.15, -0.1) is 0 Å². The number of hydrogen-bond acceptors (Lipinski definition) is 3. The van der Waals surface area contributed by atoms with Gasteiger partial charge in [0.15, 0.2) is 0 Å². The largest absolute Gasteiger partial charge is 0.449 e. The number of carbonyl (C=O) groups is 2. The molecule has 1 aliphatic rings. The second-order valence-electron chi connectivity index (χ2n) is 6.55. The maximum Gasteiger partial charge on any atom is 0.406 e. The Balaban J connectivity index is 1.98. The zero-order chi connectivity index (χ0) is 18.7. The summed E-state index contributed by atoms with van der Waals surface area (Å²) in [6, 6.07) is 12.1. The number of benzene rings is 2. The minimum Gasteiger partial charge on any atom is -0.449 e. The molecule has 5 heteroatoms. The Morgan fingerprint density at radius 2 is 1.77 bits per heavy atom. The number of aryl methyl sites for hydroxylation is 1. The van der Waals surface area contributed by atoms with E-state index < -0.39 is 6.09 Å². The molecule has 3 rings (SSSR count). The summed E-state index contributed by atoms with van der Waals surface area (Å²) >= 11 is 0. The Morgan fingerprint density at radius 1 is 1.08 bits per heavy atom. The molecule has 0 saturated heterocycles. The number of nitrogens with one attached hydrogen (secondary N) is 2. The first-order chi connectivity index (χ1) is 12.5. The van der Waals surface area contributed by atoms with E-state index in [2.05, 4.69) is 28.8 Å². The van der Waals surface area contributed by atoms with Crippen molar-refractivity contribution in [3.63, 3.8) is 0 Å². The number of rotatable bonds is 5. The molecule has 2 aromatic carbocycles. The molecular weight excluding hydrogens is 328 g/mol. The molecular formula is C21H24N2O3. The van der Waals surface area contributed by atoms with Crippen LogP contribution >= 0.6 is 0 Å². The van der Waals surface area contributed by atoms with Gasteiger partial charge >= 0.3 is 6.09 Å². The van der Waals surface area contributed by atoms with Crippen LogP contribution in [-0.2, 0) is 4.74 Å². The van der Waals surface area contributed by atoms with Gasteiger partial charge in [-0.05, 0) is 47.7 Å². The fraction of sp³-hybridized carbons (Fsp3) is 0.333. The Morgan fingerprint density at radius 3 is 2.46 bits per heavy atom. The first kappa shape index (κ1) is 18.0. The van der Waals surface area contributed by atoms with Gasteiger partial charge in [-0.3, -0.25) is 4.79 Å². The lowest BCUT2D eigenvalue weighted by Gasteiger charge is -2.15. The van der Waals surface area contributed by atoms with E-state index in [1.165, 1.54) is 0 Å². The maximum atomic E-state index is 12.3. The Hall–Kier alpha value is -2.82. The quantitative estimate of drug-likeness (QED) is 0.864. The zero-order valence-electron chi connectivity index (χ0n) is 15.4. The molecule has 2 aromatic rings. The number of ether oxygens (including phenoxy) is 1. The molecule has 1 unspecified atom stereocenters. The zero-order valence-corrected chi connectivity index (χ0v) is 15.4. The highest BCUT2D eigenvalue weighted by Gasteiger charge is 2.30. The third kappa shape index (κ3) is 3.43. The smallest absolute Gasteiger partial charge is 0.406 e. The van der Waals surface area contributed by atoms with Crippen LogP contribution in [0.2, 0.25) is 0 Å². The van der Waals surface area contributed by atoms with Gasteiger partial charge in [-0.1, -0.05) is 36.8 Å². The van der Waals surface area contributed by atoms with Gasteiger partial charge in [0.1, 0.15) is 6.61 Å². The van der Waals surface area contributed by atoms with Crippen molar-refractivity contribution in [1.82, 2.24) is 10.6 Å². The Labute approximate surface area is 153 Å². The van der Waals surface area contributed by atoms with Crippen molar-refractivity contribution in [2.45, 2.75) is 26.2 Å². The molecule has 0 spiro atoms. The first-order valence-corrected chi connectivity index (χ1v) is 8.92. The molecule has 5 nitrogen and oxygen atoms in total. The van der Waals surface area contributed by atoms with E-state index in [0.29, 0.717) is 12.1 Å². The van der Waals surface area contributed by atoms with Gasteiger partial charge in [-0.25, -0.2) is 4.79 Å². The predicted octanol–water partition coefficient (Wildman–Crippen LogP) is 3.60. The van der Waals surface area contributed by atoms with E-state index in [-0.39, 0.29) is 18.4 Å². The summed E-state index contributed by atoms with van der Waals surface area (Å²) in [5.74, 6) is -0.149. The van der Waals surface area contributed by atoms with Crippen LogP contribution in [0.5, 0.6) is 0 Å². The van der Waals surface area contributed by atoms with Crippen molar-refractivity contribution >= 4 is 12.0 Å². The fourth-order valence-corrected chi connectivity index (χ4v) is 3.37. The molecule has 0 aliphatic heterocycles. The summed E-state index contributed by atoms with van der Waals surface area (Å²) in [6.07, 6.45) is 0.439. The highest BCUT2D eigenvalue weighted by Crippen LogP contribution is 2.45. The van der Waals surface area contributed by atoms with E-state index in [4.69, 9.17) is 4.74 Å². The van der Waals surface area contributed by atoms with Crippen molar-refractivity contribution in [3.05, 3.63) is 58.7 Å². The van der Waals surface area contributed by atoms with Crippen LogP contribution in [0.25, 0.3) is 11.1 Å². The van der Waals surface area contributed by atoms with E-state index in [1.807, 2.05) is 32.0 Å². The van der Waals surface area contributed by atoms with Gasteiger partial charge in [0.25, 0.3) is 5.91 Å². The molecule has 0 fully saturated rings. The maximum absolute atomic E-state index is 12.3. The highest BCUT2D eigenvalue weighted by atomic mass is 16.5. The van der Waals surface area contributed by atoms with Crippen LogP contribution < -0.4 is 10.6 Å². The molecule has 2 N–H and O–H groups in total. The SMILES string of the molecule is CCCNC(=O)c1ccc2c(c1)C(COC(=O)NC)c1cc(C)ccc1-2. The number of amides is 2. The molecule has 1 aliphatic carbocycles. The average molecular weight is 352 g/mol. The highest BCUT2D eigenvalue weighted by molar-refractivity contribution is 5.96. The van der Waals surface area contributed by atoms with Crippen molar-refractivity contribution < 1.29 is 14.3 Å². The van der Waals surface area contributed by atoms with E-state index in [0.717, 1.165) is 34.2 Å². The van der Waals surface area contributed by atoms with Crippen LogP contribution in [0, 0.1) is 6.92 Å². The Bertz CT molecular complexity index is 845. The van der Waals surface area contributed by atoms with E-state index in [1.54, 1.807) is 7.05 Å². The van der Waals surface area contributed by atoms with Crippen LogP contribution in [0.15, 0.2) is 36.4 Å². The topological polar surface area (TPSA) is 67.4 Å². The van der Waals surface area contributed by atoms with Gasteiger partial charge in [-0.2, -0.15) is 0 Å². The van der Waals surface area contributed by atoms with Crippen molar-refractivity contribution in [1.29, 1.82) is 0 Å². The molecule has 26 heavy (non-hydrogen) atoms. The van der Waals surface area contributed by atoms with E-state index >= 15 is 0 Å². The number of fused-ring (bicyclic) bond motifs is 3. The van der Waals surface area contributed by atoms with Crippen LogP contribution in [0.4, 0.5) is 4.79 Å². The molecule has 1 atom stereocenters. The molecule has 0 radical (unpaired) electrons. The molecule has 136 valence electrons. The third-order valence-corrected chi connectivity index (χ3v) is 4.68. The molecule has 0 saturated carbocycles. The first-order valence-electron chi connectivity index (χ1n) is 8.92. The third-order valence-electron chi connectivity index (χ3n) is 4.68. The lowest BCUT2D eigenvalue weighted by molar-refractivity contribution is 0.0953. The number of hydrogen-bond donors (Lipinski definition) is 2. The van der Waals surface area contributed by atoms with Gasteiger partial charge < -0.3 is 15.4 Å². The normalized spacial score (nSPS) is 14.3. The van der Waals surface area contributed by atoms with E-state index in [9.17, 15) is 9.59 Å². The summed E-state index contributed by atoms with van der Waals surface area (Å²) in [7, 11) is 1.54. The summed E-state index contributed by atoms with van der Waals surface area (Å²) in [4.78, 5) is 23.9. The minimum atomic E-state index is -0.454. The van der Waals surface area contributed by atoms with Crippen LogP contribution in [-0.4, -0.2) is 32.2 Å². The Kier molecular flexibility index (Phi) is 5.26. The van der Waals surface area contributed by atoms with Gasteiger partial charge in [0, 0.05) is 25.1 Å². The fourth-order valence-electron chi connectivity index (χ4n) is 3.37. The summed E-state index contributed by atoms with van der Waals surface area (Å²) in [6.45, 7) is 4.96. The van der Waals surface area contributed by atoms with Crippen molar-refractivity contribution in [2.24, 2.45) is 0 Å². The monoisotopic (exact) mass is 352 g/mol. The molecule has 0 heterocycles. The second-order valence-corrected chi connectivity index (χ2v) is 6.55. The molecule has 0 aromatic heterocycles. The molecule has 0 bridgehead atoms. The van der Waals surface area contributed by atoms with Crippen LogP contribution in [0.1, 0.15) is 46.3 Å². The summed E-state index contributed by atoms with van der Waals surface area (Å²) in [5.41, 5.74) is 6.18. The lowest BCUT2D eigenvalue weighted by atomic mass is 9.95. The lowest BCUT2D eigenvalue weighted by Crippen LogP contribution is -2.24. The number of carbonyl (C=O) groups excluding carboxylic acids is 2. The minimum absolute atomic E-state index is 0.0730. The second kappa shape index (κ2) is 7.60. The van der Waals surface area contributed by atoms with Crippen molar-refractivity contribution in [2.75, 3.05) is 20.2 Å². The summed E-state index contributed by atoms with van der Waals surface area (Å²) < 4.78 is 5.34. The predicted molar refractivity (Wildman–Crippen MR) is 101 cm³/mol. The average Bonchev–Trinajstić information content (AvgIpc) is 2.95. The molecule has 2 amide bonds. The van der Waals surface area contributed by atoms with Crippen LogP contribution in [0.3, 0.4) is 0 Å². The standard InChI is InChI=1S/C21H24N2O3/c1-4-9-23-20(24)14-6-8-16-15-7-5-13(2)10-17(15)19(18(16)11-14)12-26-21(25)22-3/h5-8,10-11,19H,4,9,12H2,1-3H3,(H,22,25)(H,23,24). The summed E-state index contributed by atoms with van der Waals surface area (Å²) in [5, 5.41) is 5.39. The van der Waals surface area contributed by atoms with Crippen molar-refractivity contribution in [3.8, 4) is 11.1 Å². The van der Waals surface area contributed by atoms with Gasteiger partial charge in [0.2, 0.25) is 0 Å². The van der Waals surface area contributed by atoms with Gasteiger partial charge in [0.05, 0.1) is 0 Å².